The van der Waals surface area contributed by atoms with Gasteiger partial charge in [0.05, 0.1) is 11.3 Å². The fraction of sp³-hybridized carbons (Fsp3) is 0.211. The van der Waals surface area contributed by atoms with Crippen molar-refractivity contribution in [3.8, 4) is 5.75 Å². The summed E-state index contributed by atoms with van der Waals surface area (Å²) in [5, 5.41) is 26.1. The van der Waals surface area contributed by atoms with Crippen LogP contribution in [-0.2, 0) is 11.2 Å². The number of para-hydroxylation sites is 1. The molecule has 164 valence electrons. The first-order valence-electron chi connectivity index (χ1n) is 9.47. The van der Waals surface area contributed by atoms with Crippen LogP contribution in [0, 0.1) is 0 Å². The molecule has 1 unspecified atom stereocenters. The van der Waals surface area contributed by atoms with Crippen LogP contribution in [0.4, 0.5) is 5.13 Å². The first kappa shape index (κ1) is 21.9. The molecule has 10 nitrogen and oxygen atoms in total. The number of amides is 1. The van der Waals surface area contributed by atoms with Gasteiger partial charge in [0.2, 0.25) is 0 Å². The van der Waals surface area contributed by atoms with Crippen LogP contribution >= 0.6 is 22.7 Å². The Morgan fingerprint density at radius 1 is 1.34 bits per heavy atom. The number of benzene rings is 1. The summed E-state index contributed by atoms with van der Waals surface area (Å²) in [7, 11) is -1.39. The number of fused-ring (bicyclic) bond motifs is 1. The summed E-state index contributed by atoms with van der Waals surface area (Å²) in [6.07, 6.45) is 1.57. The van der Waals surface area contributed by atoms with Crippen molar-refractivity contribution in [1.82, 2.24) is 15.3 Å². The zero-order valence-electron chi connectivity index (χ0n) is 16.4. The number of ketones is 1. The molecule has 13 heteroatoms. The lowest BCUT2D eigenvalue weighted by molar-refractivity contribution is -0.121. The van der Waals surface area contributed by atoms with Gasteiger partial charge in [0.25, 0.3) is 5.91 Å². The second-order valence-electron chi connectivity index (χ2n) is 7.10. The van der Waals surface area contributed by atoms with Crippen molar-refractivity contribution in [1.29, 1.82) is 0 Å². The van der Waals surface area contributed by atoms with E-state index in [-0.39, 0.29) is 34.3 Å². The van der Waals surface area contributed by atoms with Crippen LogP contribution < -0.4 is 15.7 Å². The van der Waals surface area contributed by atoms with E-state index in [0.29, 0.717) is 11.3 Å². The largest absolute Gasteiger partial charge is 0.535 e. The lowest BCUT2D eigenvalue weighted by Crippen LogP contribution is -2.39. The molecule has 1 aromatic carbocycles. The topological polar surface area (TPSA) is 165 Å². The van der Waals surface area contributed by atoms with Gasteiger partial charge in [-0.3, -0.25) is 9.59 Å². The van der Waals surface area contributed by atoms with Crippen LogP contribution in [0.25, 0.3) is 0 Å². The molecule has 0 aliphatic carbocycles. The predicted octanol–water partition coefficient (Wildman–Crippen LogP) is 1.80. The minimum atomic E-state index is -1.39. The average Bonchev–Trinajstić information content (AvgIpc) is 3.44. The number of carboxylic acids is 1. The van der Waals surface area contributed by atoms with Gasteiger partial charge in [0, 0.05) is 29.2 Å². The standard InChI is InChI=1S/C19H17BN4O6S2/c21-19-23-12(8-32-19)14(24-16(26)17-22-4-5-31-17)13(25)7-10-6-9-2-1-3-11(18(27)28)15(9)30-20(10)29/h1-5,8,10,14,29H,6-7H2,(H2,21,23)(H,24,26)(H,27,28)/t10-,14?/m1/s1. The third kappa shape index (κ3) is 4.49. The number of anilines is 1. The number of carbonyl (C=O) groups excluding carboxylic acids is 2. The van der Waals surface area contributed by atoms with E-state index in [9.17, 15) is 24.5 Å². The van der Waals surface area contributed by atoms with Crippen molar-refractivity contribution in [3.05, 3.63) is 57.0 Å². The zero-order valence-corrected chi connectivity index (χ0v) is 18.1. The summed E-state index contributed by atoms with van der Waals surface area (Å²) < 4.78 is 5.46. The van der Waals surface area contributed by atoms with Gasteiger partial charge < -0.3 is 25.8 Å². The fourth-order valence-electron chi connectivity index (χ4n) is 3.48. The number of nitrogens with zero attached hydrogens (tertiary/aromatic N) is 2. The lowest BCUT2D eigenvalue weighted by Gasteiger charge is -2.28. The Morgan fingerprint density at radius 2 is 2.16 bits per heavy atom. The molecule has 0 radical (unpaired) electrons. The predicted molar refractivity (Wildman–Crippen MR) is 118 cm³/mol. The highest BCUT2D eigenvalue weighted by molar-refractivity contribution is 7.13. The molecular weight excluding hydrogens is 455 g/mol. The Labute approximate surface area is 190 Å². The van der Waals surface area contributed by atoms with E-state index in [4.69, 9.17) is 10.4 Å². The maximum atomic E-state index is 13.2. The van der Waals surface area contributed by atoms with Crippen LogP contribution in [0.2, 0.25) is 5.82 Å². The van der Waals surface area contributed by atoms with Gasteiger partial charge in [0.1, 0.15) is 11.8 Å². The molecule has 0 saturated heterocycles. The SMILES string of the molecule is Nc1nc(C(NC(=O)c2nccs2)C(=O)C[C@H]2Cc3cccc(C(=O)O)c3OB2O)cs1. The summed E-state index contributed by atoms with van der Waals surface area (Å²) in [5.41, 5.74) is 6.52. The highest BCUT2D eigenvalue weighted by Crippen LogP contribution is 2.37. The molecular formula is C19H17BN4O6S2. The molecule has 0 spiro atoms. The fourth-order valence-corrected chi connectivity index (χ4v) is 4.61. The molecule has 3 heterocycles. The number of aromatic carboxylic acids is 1. The van der Waals surface area contributed by atoms with Gasteiger partial charge in [0.15, 0.2) is 15.9 Å². The molecule has 2 atom stereocenters. The first-order valence-corrected chi connectivity index (χ1v) is 11.2. The second kappa shape index (κ2) is 9.06. The number of nitrogen functional groups attached to an aromatic ring is 1. The second-order valence-corrected chi connectivity index (χ2v) is 8.88. The van der Waals surface area contributed by atoms with Gasteiger partial charge in [-0.1, -0.05) is 12.1 Å². The summed E-state index contributed by atoms with van der Waals surface area (Å²) in [6.45, 7) is 0. The number of hydrogen-bond donors (Lipinski definition) is 4. The molecule has 3 aromatic rings. The third-order valence-electron chi connectivity index (χ3n) is 4.97. The molecule has 2 aromatic heterocycles. The van der Waals surface area contributed by atoms with E-state index < -0.39 is 36.6 Å². The maximum Gasteiger partial charge on any atom is 0.526 e. The van der Waals surface area contributed by atoms with E-state index in [1.54, 1.807) is 22.9 Å². The zero-order chi connectivity index (χ0) is 22.8. The molecule has 1 aliphatic rings. The Kier molecular flexibility index (Phi) is 6.21. The van der Waals surface area contributed by atoms with Gasteiger partial charge in [-0.15, -0.1) is 22.7 Å². The van der Waals surface area contributed by atoms with E-state index in [0.717, 1.165) is 22.7 Å². The van der Waals surface area contributed by atoms with Gasteiger partial charge in [-0.2, -0.15) is 0 Å². The quantitative estimate of drug-likeness (QED) is 0.375. The number of thiazole rings is 2. The highest BCUT2D eigenvalue weighted by Gasteiger charge is 2.39. The smallest absolute Gasteiger partial charge is 0.526 e. The summed E-state index contributed by atoms with van der Waals surface area (Å²) in [5.74, 6) is -2.64. The van der Waals surface area contributed by atoms with Crippen molar-refractivity contribution < 1.29 is 29.2 Å². The number of rotatable bonds is 7. The van der Waals surface area contributed by atoms with Crippen LogP contribution in [0.3, 0.4) is 0 Å². The maximum absolute atomic E-state index is 13.2. The molecule has 4 rings (SSSR count). The molecule has 0 bridgehead atoms. The van der Waals surface area contributed by atoms with Crippen LogP contribution in [0.5, 0.6) is 5.75 Å². The van der Waals surface area contributed by atoms with E-state index in [2.05, 4.69) is 15.3 Å². The van der Waals surface area contributed by atoms with Gasteiger partial charge >= 0.3 is 13.1 Å². The molecule has 5 N–H and O–H groups in total. The molecule has 0 fully saturated rings. The molecule has 1 aliphatic heterocycles. The van der Waals surface area contributed by atoms with Crippen LogP contribution in [0.15, 0.2) is 35.2 Å². The minimum absolute atomic E-state index is 0.0575. The monoisotopic (exact) mass is 472 g/mol. The highest BCUT2D eigenvalue weighted by atomic mass is 32.1. The van der Waals surface area contributed by atoms with Gasteiger partial charge in [-0.25, -0.2) is 14.8 Å². The number of aromatic nitrogens is 2. The van der Waals surface area contributed by atoms with E-state index >= 15 is 0 Å². The normalized spacial score (nSPS) is 16.0. The van der Waals surface area contributed by atoms with Crippen molar-refractivity contribution in [2.24, 2.45) is 0 Å². The average molecular weight is 472 g/mol. The number of Topliss-reactive ketones (excluding diaryl/α,β-unsaturated/α-hetero) is 1. The number of nitrogens with two attached hydrogens (primary N) is 1. The van der Waals surface area contributed by atoms with Crippen molar-refractivity contribution in [2.45, 2.75) is 24.7 Å². The summed E-state index contributed by atoms with van der Waals surface area (Å²) >= 11 is 2.27. The lowest BCUT2D eigenvalue weighted by atomic mass is 9.64. The molecule has 1 amide bonds. The Hall–Kier alpha value is -3.29. The number of carbonyl (C=O) groups is 3. The van der Waals surface area contributed by atoms with Crippen LogP contribution in [-0.4, -0.2) is 44.9 Å². The Bertz CT molecular complexity index is 1170. The number of carboxylic acid groups (broad SMARTS) is 1. The van der Waals surface area contributed by atoms with Crippen molar-refractivity contribution in [3.63, 3.8) is 0 Å². The Morgan fingerprint density at radius 3 is 2.81 bits per heavy atom. The number of nitrogens with one attached hydrogen (secondary N) is 1. The minimum Gasteiger partial charge on any atom is -0.535 e. The third-order valence-corrected chi connectivity index (χ3v) is 6.44. The number of hydrogen-bond acceptors (Lipinski definition) is 10. The van der Waals surface area contributed by atoms with Crippen LogP contribution in [0.1, 0.15) is 43.9 Å². The van der Waals surface area contributed by atoms with Gasteiger partial charge in [-0.05, 0) is 18.1 Å². The van der Waals surface area contributed by atoms with E-state index in [1.165, 1.54) is 12.3 Å². The van der Waals surface area contributed by atoms with E-state index in [1.807, 2.05) is 0 Å². The molecule has 0 saturated carbocycles. The van der Waals surface area contributed by atoms with Crippen molar-refractivity contribution in [2.75, 3.05) is 5.73 Å². The summed E-state index contributed by atoms with van der Waals surface area (Å²) in [6, 6.07) is 3.57. The summed E-state index contributed by atoms with van der Waals surface area (Å²) in [4.78, 5) is 45.2. The first-order chi connectivity index (χ1) is 15.3. The Balaban J connectivity index is 1.55. The van der Waals surface area contributed by atoms with Crippen molar-refractivity contribution >= 4 is 52.6 Å². The molecule has 32 heavy (non-hydrogen) atoms.